The van der Waals surface area contributed by atoms with E-state index in [1.807, 2.05) is 13.0 Å². The van der Waals surface area contributed by atoms with Gasteiger partial charge < -0.3 is 9.47 Å². The van der Waals surface area contributed by atoms with Crippen LogP contribution in [0, 0.1) is 23.0 Å². The number of halogens is 2. The topological polar surface area (TPSA) is 42.2 Å². The van der Waals surface area contributed by atoms with Crippen molar-refractivity contribution in [2.45, 2.75) is 13.5 Å². The van der Waals surface area contributed by atoms with Crippen LogP contribution in [0.3, 0.4) is 0 Å². The fourth-order valence-corrected chi connectivity index (χ4v) is 2.79. The lowest BCUT2D eigenvalue weighted by Crippen LogP contribution is -2.01. The van der Waals surface area contributed by atoms with Crippen LogP contribution in [-0.2, 0) is 6.61 Å². The van der Waals surface area contributed by atoms with Gasteiger partial charge in [0.2, 0.25) is 0 Å². The molecule has 0 saturated carbocycles. The minimum absolute atomic E-state index is 0.0562. The lowest BCUT2D eigenvalue weighted by molar-refractivity contribution is 0.266. The van der Waals surface area contributed by atoms with Gasteiger partial charge in [0.05, 0.1) is 18.2 Å². The van der Waals surface area contributed by atoms with Crippen LogP contribution in [-0.4, -0.2) is 6.61 Å². The number of hydrogen-bond acceptors (Lipinski definition) is 3. The number of rotatable bonds is 7. The second-order valence-electron chi connectivity index (χ2n) is 6.17. The molecule has 3 aromatic rings. The summed E-state index contributed by atoms with van der Waals surface area (Å²) >= 11 is 0. The summed E-state index contributed by atoms with van der Waals surface area (Å²) in [5, 5.41) is 9.45. The smallest absolute Gasteiger partial charge is 0.161 e. The van der Waals surface area contributed by atoms with Crippen molar-refractivity contribution in [3.63, 3.8) is 0 Å². The number of ether oxygens (including phenoxy) is 2. The Morgan fingerprint density at radius 3 is 2.34 bits per heavy atom. The quantitative estimate of drug-likeness (QED) is 0.366. The zero-order valence-electron chi connectivity index (χ0n) is 15.9. The van der Waals surface area contributed by atoms with Crippen molar-refractivity contribution in [2.24, 2.45) is 0 Å². The predicted molar refractivity (Wildman–Crippen MR) is 108 cm³/mol. The molecule has 5 heteroatoms. The van der Waals surface area contributed by atoms with E-state index in [1.54, 1.807) is 60.7 Å². The van der Waals surface area contributed by atoms with Crippen LogP contribution < -0.4 is 9.47 Å². The van der Waals surface area contributed by atoms with Crippen LogP contribution in [0.15, 0.2) is 66.7 Å². The first-order valence-electron chi connectivity index (χ1n) is 9.12. The molecule has 0 bridgehead atoms. The minimum Gasteiger partial charge on any atom is -0.490 e. The molecule has 0 fully saturated rings. The lowest BCUT2D eigenvalue weighted by Gasteiger charge is -2.13. The fourth-order valence-electron chi connectivity index (χ4n) is 2.79. The number of allylic oxidation sites excluding steroid dienone is 1. The first-order chi connectivity index (χ1) is 14.1. The van der Waals surface area contributed by atoms with Gasteiger partial charge in [-0.3, -0.25) is 0 Å². The van der Waals surface area contributed by atoms with Gasteiger partial charge in [-0.2, -0.15) is 5.26 Å². The molecule has 0 N–H and O–H groups in total. The highest BCUT2D eigenvalue weighted by Crippen LogP contribution is 2.31. The summed E-state index contributed by atoms with van der Waals surface area (Å²) in [6.45, 7) is 2.30. The zero-order chi connectivity index (χ0) is 20.6. The lowest BCUT2D eigenvalue weighted by atomic mass is 10.0. The third-order valence-electron chi connectivity index (χ3n) is 4.20. The molecule has 0 spiro atoms. The van der Waals surface area contributed by atoms with Crippen LogP contribution in [0.1, 0.15) is 23.6 Å². The molecule has 3 rings (SSSR count). The Labute approximate surface area is 168 Å². The van der Waals surface area contributed by atoms with Gasteiger partial charge in [0, 0.05) is 11.1 Å². The standard InChI is InChI=1S/C24H19F2NO2/c1-2-28-24-14-17(13-19(15-27)20-8-4-6-10-22(20)26)11-12-23(24)29-16-18-7-3-5-9-21(18)25/h3-14H,2,16H2,1H3. The molecule has 0 amide bonds. The van der Waals surface area contributed by atoms with Crippen molar-refractivity contribution in [3.8, 4) is 17.6 Å². The number of hydrogen-bond donors (Lipinski definition) is 0. The molecule has 0 atom stereocenters. The van der Waals surface area contributed by atoms with Crippen LogP contribution >= 0.6 is 0 Å². The Bertz CT molecular complexity index is 1070. The van der Waals surface area contributed by atoms with Crippen molar-refractivity contribution >= 4 is 11.6 Å². The van der Waals surface area contributed by atoms with Gasteiger partial charge in [0.1, 0.15) is 18.2 Å². The highest BCUT2D eigenvalue weighted by atomic mass is 19.1. The van der Waals surface area contributed by atoms with E-state index in [4.69, 9.17) is 9.47 Å². The third kappa shape index (κ3) is 4.99. The molecule has 0 aliphatic heterocycles. The Morgan fingerprint density at radius 2 is 1.66 bits per heavy atom. The summed E-state index contributed by atoms with van der Waals surface area (Å²) in [4.78, 5) is 0. The highest BCUT2D eigenvalue weighted by Gasteiger charge is 2.11. The van der Waals surface area contributed by atoms with E-state index in [0.717, 1.165) is 0 Å². The summed E-state index contributed by atoms with van der Waals surface area (Å²) < 4.78 is 39.2. The Kier molecular flexibility index (Phi) is 6.59. The normalized spacial score (nSPS) is 11.0. The molecule has 0 aliphatic rings. The van der Waals surface area contributed by atoms with Crippen LogP contribution in [0.5, 0.6) is 11.5 Å². The van der Waals surface area contributed by atoms with Crippen LogP contribution in [0.2, 0.25) is 0 Å². The fraction of sp³-hybridized carbons (Fsp3) is 0.125. The van der Waals surface area contributed by atoms with Crippen molar-refractivity contribution in [1.82, 2.24) is 0 Å². The molecule has 0 aliphatic carbocycles. The Hall–Kier alpha value is -3.65. The molecule has 0 radical (unpaired) electrons. The molecule has 0 saturated heterocycles. The summed E-state index contributed by atoms with van der Waals surface area (Å²) in [5.74, 6) is 0.115. The van der Waals surface area contributed by atoms with Gasteiger partial charge in [-0.1, -0.05) is 42.5 Å². The van der Waals surface area contributed by atoms with E-state index in [9.17, 15) is 14.0 Å². The molecule has 0 heterocycles. The SMILES string of the molecule is CCOc1cc(C=C(C#N)c2ccccc2F)ccc1OCc1ccccc1F. The average Bonchev–Trinajstić information content (AvgIpc) is 2.73. The third-order valence-corrected chi connectivity index (χ3v) is 4.20. The second kappa shape index (κ2) is 9.52. The maximum atomic E-state index is 14.0. The molecule has 0 aromatic heterocycles. The Morgan fingerprint density at radius 1 is 0.931 bits per heavy atom. The average molecular weight is 391 g/mol. The first-order valence-corrected chi connectivity index (χ1v) is 9.12. The van der Waals surface area contributed by atoms with E-state index in [2.05, 4.69) is 0 Å². The van der Waals surface area contributed by atoms with E-state index in [0.29, 0.717) is 29.2 Å². The highest BCUT2D eigenvalue weighted by molar-refractivity contribution is 5.90. The molecule has 3 nitrogen and oxygen atoms in total. The number of nitrogens with zero attached hydrogens (tertiary/aromatic N) is 1. The van der Waals surface area contributed by atoms with E-state index >= 15 is 0 Å². The maximum absolute atomic E-state index is 14.0. The van der Waals surface area contributed by atoms with Crippen molar-refractivity contribution in [3.05, 3.63) is 95.1 Å². The summed E-state index contributed by atoms with van der Waals surface area (Å²) in [6.07, 6.45) is 1.58. The van der Waals surface area contributed by atoms with Gasteiger partial charge in [-0.15, -0.1) is 0 Å². The van der Waals surface area contributed by atoms with Crippen molar-refractivity contribution in [2.75, 3.05) is 6.61 Å². The molecule has 0 unspecified atom stereocenters. The van der Waals surface area contributed by atoms with E-state index in [1.165, 1.54) is 12.1 Å². The zero-order valence-corrected chi connectivity index (χ0v) is 15.9. The van der Waals surface area contributed by atoms with Crippen LogP contribution in [0.4, 0.5) is 8.78 Å². The van der Waals surface area contributed by atoms with Crippen LogP contribution in [0.25, 0.3) is 11.6 Å². The van der Waals surface area contributed by atoms with Gasteiger partial charge in [-0.05, 0) is 42.8 Å². The van der Waals surface area contributed by atoms with E-state index in [-0.39, 0.29) is 23.6 Å². The number of benzene rings is 3. The van der Waals surface area contributed by atoms with Gasteiger partial charge in [0.25, 0.3) is 0 Å². The summed E-state index contributed by atoms with van der Waals surface area (Å²) in [5.41, 5.74) is 1.52. The molecular weight excluding hydrogens is 372 g/mol. The van der Waals surface area contributed by atoms with Gasteiger partial charge in [0.15, 0.2) is 11.5 Å². The monoisotopic (exact) mass is 391 g/mol. The van der Waals surface area contributed by atoms with Crippen molar-refractivity contribution < 1.29 is 18.3 Å². The Balaban J connectivity index is 1.88. The predicted octanol–water partition coefficient (Wildman–Crippen LogP) is 6.01. The molecular formula is C24H19F2NO2. The van der Waals surface area contributed by atoms with Crippen molar-refractivity contribution in [1.29, 1.82) is 5.26 Å². The molecule has 29 heavy (non-hydrogen) atoms. The summed E-state index contributed by atoms with van der Waals surface area (Å²) in [7, 11) is 0. The number of nitriles is 1. The van der Waals surface area contributed by atoms with E-state index < -0.39 is 5.82 Å². The first kappa shape index (κ1) is 20.1. The minimum atomic E-state index is -0.463. The second-order valence-corrected chi connectivity index (χ2v) is 6.17. The summed E-state index contributed by atoms with van der Waals surface area (Å²) in [6, 6.07) is 19.7. The maximum Gasteiger partial charge on any atom is 0.161 e. The van der Waals surface area contributed by atoms with Gasteiger partial charge >= 0.3 is 0 Å². The van der Waals surface area contributed by atoms with Gasteiger partial charge in [-0.25, -0.2) is 8.78 Å². The largest absolute Gasteiger partial charge is 0.490 e. The molecule has 146 valence electrons. The molecule has 3 aromatic carbocycles.